The molecule has 0 aromatic carbocycles. The molecular formula is C18H34IN5O2. The molecule has 0 amide bonds. The van der Waals surface area contributed by atoms with E-state index in [1.54, 1.807) is 13.0 Å². The van der Waals surface area contributed by atoms with Crippen molar-refractivity contribution >= 4 is 29.9 Å². The van der Waals surface area contributed by atoms with Crippen LogP contribution in [0.25, 0.3) is 0 Å². The molecule has 26 heavy (non-hydrogen) atoms. The molecule has 2 unspecified atom stereocenters. The zero-order chi connectivity index (χ0) is 18.4. The smallest absolute Gasteiger partial charge is 0.191 e. The SMILES string of the molecule is CCNC(=NCC(C)(O)c1ccc(C)o1)NCC1CN(C)CCN1C.I. The quantitative estimate of drug-likeness (QED) is 0.324. The third kappa shape index (κ3) is 6.71. The molecule has 0 radical (unpaired) electrons. The van der Waals surface area contributed by atoms with Gasteiger partial charge < -0.3 is 25.1 Å². The van der Waals surface area contributed by atoms with Crippen molar-refractivity contribution in [3.05, 3.63) is 23.7 Å². The first-order valence-electron chi connectivity index (χ1n) is 9.02. The first-order chi connectivity index (χ1) is 11.8. The molecule has 1 aliphatic rings. The summed E-state index contributed by atoms with van der Waals surface area (Å²) in [6.45, 7) is 10.7. The summed E-state index contributed by atoms with van der Waals surface area (Å²) in [6.07, 6.45) is 0. The molecule has 1 aromatic rings. The van der Waals surface area contributed by atoms with E-state index in [4.69, 9.17) is 4.42 Å². The summed E-state index contributed by atoms with van der Waals surface area (Å²) >= 11 is 0. The summed E-state index contributed by atoms with van der Waals surface area (Å²) in [7, 11) is 4.31. The molecule has 1 aromatic heterocycles. The number of aryl methyl sites for hydroxylation is 1. The van der Waals surface area contributed by atoms with Crippen LogP contribution in [0.3, 0.4) is 0 Å². The van der Waals surface area contributed by atoms with Gasteiger partial charge in [0.15, 0.2) is 5.96 Å². The zero-order valence-electron chi connectivity index (χ0n) is 16.6. The lowest BCUT2D eigenvalue weighted by Crippen LogP contribution is -2.55. The van der Waals surface area contributed by atoms with Crippen molar-refractivity contribution < 1.29 is 9.52 Å². The summed E-state index contributed by atoms with van der Waals surface area (Å²) in [5.74, 6) is 2.04. The minimum Gasteiger partial charge on any atom is -0.463 e. The van der Waals surface area contributed by atoms with Gasteiger partial charge >= 0.3 is 0 Å². The minimum absolute atomic E-state index is 0. The van der Waals surface area contributed by atoms with E-state index in [0.717, 1.165) is 38.5 Å². The maximum atomic E-state index is 10.6. The van der Waals surface area contributed by atoms with Crippen LogP contribution in [0, 0.1) is 6.92 Å². The van der Waals surface area contributed by atoms with Crippen LogP contribution in [0.5, 0.6) is 0 Å². The first kappa shape index (κ1) is 23.2. The molecule has 2 atom stereocenters. The number of likely N-dealkylation sites (N-methyl/N-ethyl adjacent to an activating group) is 2. The molecule has 2 rings (SSSR count). The molecule has 150 valence electrons. The predicted octanol–water partition coefficient (Wildman–Crippen LogP) is 1.21. The van der Waals surface area contributed by atoms with Crippen LogP contribution >= 0.6 is 24.0 Å². The highest BCUT2D eigenvalue weighted by atomic mass is 127. The minimum atomic E-state index is -1.13. The lowest BCUT2D eigenvalue weighted by Gasteiger charge is -2.38. The first-order valence-corrected chi connectivity index (χ1v) is 9.02. The Balaban J connectivity index is 0.00000338. The molecule has 0 bridgehead atoms. The van der Waals surface area contributed by atoms with Crippen molar-refractivity contribution in [3.8, 4) is 0 Å². The van der Waals surface area contributed by atoms with Gasteiger partial charge in [0.1, 0.15) is 17.1 Å². The number of aliphatic imine (C=N–C) groups is 1. The van der Waals surface area contributed by atoms with E-state index in [-0.39, 0.29) is 30.5 Å². The van der Waals surface area contributed by atoms with Gasteiger partial charge in [0.25, 0.3) is 0 Å². The van der Waals surface area contributed by atoms with Crippen molar-refractivity contribution in [2.24, 2.45) is 4.99 Å². The van der Waals surface area contributed by atoms with E-state index in [1.165, 1.54) is 0 Å². The maximum absolute atomic E-state index is 10.6. The standard InChI is InChI=1S/C18H33N5O2.HI/c1-6-19-17(20-11-15-12-22(4)9-10-23(15)5)21-13-18(3,24)16-8-7-14(2)25-16;/h7-8,15,24H,6,9-13H2,1-5H3,(H2,19,20,21);1H. The average molecular weight is 479 g/mol. The average Bonchev–Trinajstić information content (AvgIpc) is 3.00. The van der Waals surface area contributed by atoms with Crippen molar-refractivity contribution in [2.75, 3.05) is 53.4 Å². The molecule has 1 saturated heterocycles. The maximum Gasteiger partial charge on any atom is 0.191 e. The molecular weight excluding hydrogens is 445 g/mol. The number of hydrogen-bond acceptors (Lipinski definition) is 5. The number of hydrogen-bond donors (Lipinski definition) is 3. The molecule has 0 spiro atoms. The van der Waals surface area contributed by atoms with E-state index in [1.807, 2.05) is 19.9 Å². The van der Waals surface area contributed by atoms with E-state index < -0.39 is 5.60 Å². The van der Waals surface area contributed by atoms with Crippen molar-refractivity contribution in [1.82, 2.24) is 20.4 Å². The normalized spacial score (nSPS) is 21.8. The number of guanidine groups is 1. The zero-order valence-corrected chi connectivity index (χ0v) is 18.9. The van der Waals surface area contributed by atoms with Gasteiger partial charge in [0.05, 0.1) is 6.54 Å². The van der Waals surface area contributed by atoms with Gasteiger partial charge in [0.2, 0.25) is 0 Å². The van der Waals surface area contributed by atoms with Gasteiger partial charge in [-0.1, -0.05) is 0 Å². The van der Waals surface area contributed by atoms with Gasteiger partial charge in [-0.2, -0.15) is 0 Å². The Kier molecular flexibility index (Phi) is 9.35. The van der Waals surface area contributed by atoms with Crippen LogP contribution in [0.15, 0.2) is 21.5 Å². The molecule has 7 nitrogen and oxygen atoms in total. The number of nitrogens with zero attached hydrogens (tertiary/aromatic N) is 3. The molecule has 0 saturated carbocycles. The van der Waals surface area contributed by atoms with Crippen LogP contribution in [0.2, 0.25) is 0 Å². The number of furan rings is 1. The van der Waals surface area contributed by atoms with Crippen molar-refractivity contribution in [2.45, 2.75) is 32.4 Å². The Morgan fingerprint density at radius 1 is 1.35 bits per heavy atom. The van der Waals surface area contributed by atoms with Crippen molar-refractivity contribution in [1.29, 1.82) is 0 Å². The van der Waals surface area contributed by atoms with Crippen LogP contribution < -0.4 is 10.6 Å². The number of nitrogens with one attached hydrogen (secondary N) is 2. The monoisotopic (exact) mass is 479 g/mol. The molecule has 1 fully saturated rings. The lowest BCUT2D eigenvalue weighted by atomic mass is 10.0. The molecule has 1 aliphatic heterocycles. The number of rotatable bonds is 6. The lowest BCUT2D eigenvalue weighted by molar-refractivity contribution is 0.0428. The van der Waals surface area contributed by atoms with Gasteiger partial charge in [-0.25, -0.2) is 4.99 Å². The van der Waals surface area contributed by atoms with E-state index in [0.29, 0.717) is 17.8 Å². The fourth-order valence-electron chi connectivity index (χ4n) is 2.91. The molecule has 8 heteroatoms. The van der Waals surface area contributed by atoms with Crippen LogP contribution in [-0.4, -0.2) is 80.3 Å². The Bertz CT molecular complexity index is 576. The number of piperazine rings is 1. The largest absolute Gasteiger partial charge is 0.463 e. The highest BCUT2D eigenvalue weighted by Crippen LogP contribution is 2.23. The third-order valence-corrected chi connectivity index (χ3v) is 4.65. The third-order valence-electron chi connectivity index (χ3n) is 4.65. The topological polar surface area (TPSA) is 76.3 Å². The second-order valence-electron chi connectivity index (χ2n) is 7.16. The Morgan fingerprint density at radius 2 is 2.08 bits per heavy atom. The molecule has 3 N–H and O–H groups in total. The number of halogens is 1. The highest BCUT2D eigenvalue weighted by molar-refractivity contribution is 14.0. The van der Waals surface area contributed by atoms with Gasteiger partial charge in [-0.05, 0) is 47.0 Å². The van der Waals surface area contributed by atoms with E-state index in [9.17, 15) is 5.11 Å². The Hall–Kier alpha value is -0.840. The second kappa shape index (κ2) is 10.5. The summed E-state index contributed by atoms with van der Waals surface area (Å²) < 4.78 is 5.55. The molecule has 2 heterocycles. The van der Waals surface area contributed by atoms with Crippen LogP contribution in [0.4, 0.5) is 0 Å². The van der Waals surface area contributed by atoms with E-state index in [2.05, 4.69) is 39.5 Å². The van der Waals surface area contributed by atoms with Crippen molar-refractivity contribution in [3.63, 3.8) is 0 Å². The fraction of sp³-hybridized carbons (Fsp3) is 0.722. The van der Waals surface area contributed by atoms with Gasteiger partial charge in [0, 0.05) is 38.8 Å². The fourth-order valence-corrected chi connectivity index (χ4v) is 2.91. The predicted molar refractivity (Wildman–Crippen MR) is 116 cm³/mol. The van der Waals surface area contributed by atoms with Crippen LogP contribution in [-0.2, 0) is 5.60 Å². The molecule has 0 aliphatic carbocycles. The second-order valence-corrected chi connectivity index (χ2v) is 7.16. The Labute approximate surface area is 174 Å². The van der Waals surface area contributed by atoms with Crippen LogP contribution in [0.1, 0.15) is 25.4 Å². The summed E-state index contributed by atoms with van der Waals surface area (Å²) in [4.78, 5) is 9.27. The summed E-state index contributed by atoms with van der Waals surface area (Å²) in [6, 6.07) is 4.10. The van der Waals surface area contributed by atoms with Gasteiger partial charge in [-0.3, -0.25) is 4.90 Å². The highest BCUT2D eigenvalue weighted by Gasteiger charge is 2.27. The Morgan fingerprint density at radius 3 is 2.69 bits per heavy atom. The van der Waals surface area contributed by atoms with Gasteiger partial charge in [-0.15, -0.1) is 24.0 Å². The summed E-state index contributed by atoms with van der Waals surface area (Å²) in [5, 5.41) is 17.3. The summed E-state index contributed by atoms with van der Waals surface area (Å²) in [5.41, 5.74) is -1.13. The van der Waals surface area contributed by atoms with E-state index >= 15 is 0 Å². The number of aliphatic hydroxyl groups is 1.